The first-order valence-electron chi connectivity index (χ1n) is 6.37. The molecule has 106 valence electrons. The molecule has 0 unspecified atom stereocenters. The second-order valence-electron chi connectivity index (χ2n) is 4.45. The summed E-state index contributed by atoms with van der Waals surface area (Å²) in [6, 6.07) is 12.9. The average Bonchev–Trinajstić information content (AvgIpc) is 3.19. The topological polar surface area (TPSA) is 42.2 Å². The van der Waals surface area contributed by atoms with Gasteiger partial charge in [0.05, 0.1) is 12.3 Å². The van der Waals surface area contributed by atoms with Crippen LogP contribution in [0.5, 0.6) is 0 Å². The minimum absolute atomic E-state index is 0.249. The van der Waals surface area contributed by atoms with Crippen molar-refractivity contribution in [3.63, 3.8) is 0 Å². The summed E-state index contributed by atoms with van der Waals surface area (Å²) in [5.41, 5.74) is 0.818. The molecule has 1 atom stereocenters. The lowest BCUT2D eigenvalue weighted by Gasteiger charge is -2.17. The second-order valence-corrected chi connectivity index (χ2v) is 5.43. The van der Waals surface area contributed by atoms with Gasteiger partial charge >= 0.3 is 0 Å². The van der Waals surface area contributed by atoms with Crippen molar-refractivity contribution in [1.29, 1.82) is 0 Å². The molecule has 1 aromatic carbocycles. The van der Waals surface area contributed by atoms with E-state index in [4.69, 9.17) is 4.42 Å². The Balaban J connectivity index is 1.90. The molecule has 0 aliphatic heterocycles. The van der Waals surface area contributed by atoms with Gasteiger partial charge in [-0.05, 0) is 41.3 Å². The minimum Gasteiger partial charge on any atom is -0.459 e. The fourth-order valence-corrected chi connectivity index (χ4v) is 2.84. The van der Waals surface area contributed by atoms with E-state index < -0.39 is 0 Å². The van der Waals surface area contributed by atoms with Crippen LogP contribution in [-0.4, -0.2) is 5.91 Å². The summed E-state index contributed by atoms with van der Waals surface area (Å²) in [5, 5.41) is 4.85. The van der Waals surface area contributed by atoms with Crippen LogP contribution in [0.3, 0.4) is 0 Å². The maximum atomic E-state index is 13.1. The summed E-state index contributed by atoms with van der Waals surface area (Å²) in [6.07, 6.45) is 1.45. The van der Waals surface area contributed by atoms with E-state index in [0.717, 1.165) is 10.4 Å². The molecule has 3 rings (SSSR count). The highest BCUT2D eigenvalue weighted by Gasteiger charge is 2.20. The van der Waals surface area contributed by atoms with Gasteiger partial charge in [0.25, 0.3) is 5.91 Å². The molecule has 3 aromatic rings. The van der Waals surface area contributed by atoms with Gasteiger partial charge in [0.2, 0.25) is 0 Å². The quantitative estimate of drug-likeness (QED) is 0.791. The number of furan rings is 1. The zero-order valence-electron chi connectivity index (χ0n) is 11.0. The zero-order chi connectivity index (χ0) is 14.7. The van der Waals surface area contributed by atoms with Crippen molar-refractivity contribution in [2.24, 2.45) is 0 Å². The summed E-state index contributed by atoms with van der Waals surface area (Å²) in [4.78, 5) is 13.2. The van der Waals surface area contributed by atoms with Gasteiger partial charge in [0.15, 0.2) is 5.76 Å². The SMILES string of the molecule is O=C(N[C@@H](c1ccc(F)cc1)c1cccs1)c1ccco1. The summed E-state index contributed by atoms with van der Waals surface area (Å²) in [5.74, 6) is -0.359. The van der Waals surface area contributed by atoms with Crippen molar-refractivity contribution in [2.75, 3.05) is 0 Å². The van der Waals surface area contributed by atoms with Gasteiger partial charge < -0.3 is 9.73 Å². The molecule has 0 saturated carbocycles. The van der Waals surface area contributed by atoms with Gasteiger partial charge in [0, 0.05) is 4.88 Å². The average molecular weight is 301 g/mol. The van der Waals surface area contributed by atoms with Crippen molar-refractivity contribution < 1.29 is 13.6 Å². The lowest BCUT2D eigenvalue weighted by molar-refractivity contribution is 0.0915. The Bertz CT molecular complexity index is 705. The van der Waals surface area contributed by atoms with Crippen LogP contribution in [0.4, 0.5) is 4.39 Å². The molecule has 0 saturated heterocycles. The van der Waals surface area contributed by atoms with Gasteiger partial charge in [-0.2, -0.15) is 0 Å². The Morgan fingerprint density at radius 3 is 2.57 bits per heavy atom. The Morgan fingerprint density at radius 1 is 1.14 bits per heavy atom. The molecule has 1 N–H and O–H groups in total. The van der Waals surface area contributed by atoms with Crippen LogP contribution in [0, 0.1) is 5.82 Å². The largest absolute Gasteiger partial charge is 0.459 e. The van der Waals surface area contributed by atoms with Gasteiger partial charge in [-0.15, -0.1) is 11.3 Å². The first kappa shape index (κ1) is 13.6. The fraction of sp³-hybridized carbons (Fsp3) is 0.0625. The standard InChI is InChI=1S/C16H12FNO2S/c17-12-7-5-11(6-8-12)15(14-4-2-10-21-14)18-16(19)13-3-1-9-20-13/h1-10,15H,(H,18,19)/t15-/m0/s1. The van der Waals surface area contributed by atoms with Crippen LogP contribution in [0.15, 0.2) is 64.6 Å². The Morgan fingerprint density at radius 2 is 1.95 bits per heavy atom. The molecule has 3 nitrogen and oxygen atoms in total. The Kier molecular flexibility index (Phi) is 3.83. The molecule has 0 spiro atoms. The Hall–Kier alpha value is -2.40. The van der Waals surface area contributed by atoms with Crippen molar-refractivity contribution >= 4 is 17.2 Å². The van der Waals surface area contributed by atoms with E-state index >= 15 is 0 Å². The normalized spacial score (nSPS) is 12.0. The molecule has 1 amide bonds. The summed E-state index contributed by atoms with van der Waals surface area (Å²) in [6.45, 7) is 0. The summed E-state index contributed by atoms with van der Waals surface area (Å²) < 4.78 is 18.2. The first-order chi connectivity index (χ1) is 10.2. The predicted octanol–water partition coefficient (Wildman–Crippen LogP) is 4.00. The highest BCUT2D eigenvalue weighted by atomic mass is 32.1. The third kappa shape index (κ3) is 3.03. The number of benzene rings is 1. The molecule has 0 aliphatic rings. The van der Waals surface area contributed by atoms with Crippen molar-refractivity contribution in [1.82, 2.24) is 5.32 Å². The number of halogens is 1. The predicted molar refractivity (Wildman–Crippen MR) is 78.7 cm³/mol. The molecule has 21 heavy (non-hydrogen) atoms. The van der Waals surface area contributed by atoms with E-state index in [1.165, 1.54) is 29.7 Å². The molecular formula is C16H12FNO2S. The van der Waals surface area contributed by atoms with E-state index in [0.29, 0.717) is 0 Å². The lowest BCUT2D eigenvalue weighted by Crippen LogP contribution is -2.28. The molecule has 0 bridgehead atoms. The molecule has 5 heteroatoms. The van der Waals surface area contributed by atoms with Gasteiger partial charge in [-0.25, -0.2) is 4.39 Å². The number of amides is 1. The van der Waals surface area contributed by atoms with E-state index in [1.54, 1.807) is 24.3 Å². The van der Waals surface area contributed by atoms with E-state index in [9.17, 15) is 9.18 Å². The fourth-order valence-electron chi connectivity index (χ4n) is 2.04. The molecule has 0 fully saturated rings. The number of carbonyl (C=O) groups excluding carboxylic acids is 1. The minimum atomic E-state index is -0.330. The van der Waals surface area contributed by atoms with Gasteiger partial charge in [0.1, 0.15) is 5.82 Å². The van der Waals surface area contributed by atoms with E-state index in [-0.39, 0.29) is 23.5 Å². The second kappa shape index (κ2) is 5.93. The zero-order valence-corrected chi connectivity index (χ0v) is 11.8. The van der Waals surface area contributed by atoms with Crippen molar-refractivity contribution in [3.8, 4) is 0 Å². The highest BCUT2D eigenvalue weighted by Crippen LogP contribution is 2.26. The van der Waals surface area contributed by atoms with Crippen LogP contribution in [0.25, 0.3) is 0 Å². The van der Waals surface area contributed by atoms with Crippen LogP contribution in [0.1, 0.15) is 27.0 Å². The molecular weight excluding hydrogens is 289 g/mol. The summed E-state index contributed by atoms with van der Waals surface area (Å²) in [7, 11) is 0. The number of rotatable bonds is 4. The molecule has 0 aliphatic carbocycles. The van der Waals surface area contributed by atoms with Crippen LogP contribution < -0.4 is 5.32 Å². The molecule has 2 heterocycles. The maximum Gasteiger partial charge on any atom is 0.287 e. The third-order valence-electron chi connectivity index (χ3n) is 3.05. The third-order valence-corrected chi connectivity index (χ3v) is 3.99. The molecule has 2 aromatic heterocycles. The molecule has 0 radical (unpaired) electrons. The van der Waals surface area contributed by atoms with Gasteiger partial charge in [-0.3, -0.25) is 4.79 Å². The van der Waals surface area contributed by atoms with E-state index in [1.807, 2.05) is 17.5 Å². The van der Waals surface area contributed by atoms with Crippen LogP contribution in [0.2, 0.25) is 0 Å². The van der Waals surface area contributed by atoms with E-state index in [2.05, 4.69) is 5.32 Å². The Labute approximate surface area is 125 Å². The number of nitrogens with one attached hydrogen (secondary N) is 1. The smallest absolute Gasteiger partial charge is 0.287 e. The van der Waals surface area contributed by atoms with Crippen LogP contribution in [-0.2, 0) is 0 Å². The number of hydrogen-bond donors (Lipinski definition) is 1. The lowest BCUT2D eigenvalue weighted by atomic mass is 10.1. The van der Waals surface area contributed by atoms with Gasteiger partial charge in [-0.1, -0.05) is 18.2 Å². The van der Waals surface area contributed by atoms with Crippen molar-refractivity contribution in [3.05, 3.63) is 82.2 Å². The monoisotopic (exact) mass is 301 g/mol. The van der Waals surface area contributed by atoms with Crippen LogP contribution >= 0.6 is 11.3 Å². The summed E-state index contributed by atoms with van der Waals surface area (Å²) >= 11 is 1.53. The first-order valence-corrected chi connectivity index (χ1v) is 7.25. The van der Waals surface area contributed by atoms with Crippen molar-refractivity contribution in [2.45, 2.75) is 6.04 Å². The maximum absolute atomic E-state index is 13.1. The number of carbonyl (C=O) groups is 1. The number of thiophene rings is 1. The highest BCUT2D eigenvalue weighted by molar-refractivity contribution is 7.10. The number of hydrogen-bond acceptors (Lipinski definition) is 3.